The number of amides is 1. The Balaban J connectivity index is 2.98. The third-order valence-electron chi connectivity index (χ3n) is 2.24. The van der Waals surface area contributed by atoms with Crippen molar-refractivity contribution < 1.29 is 32.4 Å². The molecule has 110 valence electrons. The van der Waals surface area contributed by atoms with E-state index in [4.69, 9.17) is 5.11 Å². The molecule has 10 heteroatoms. The molecule has 2 N–H and O–H groups in total. The highest BCUT2D eigenvalue weighted by Gasteiger charge is 2.25. The number of hydrogen-bond acceptors (Lipinski definition) is 4. The van der Waals surface area contributed by atoms with Gasteiger partial charge in [0.2, 0.25) is 0 Å². The highest BCUT2D eigenvalue weighted by molar-refractivity contribution is 5.98. The number of aliphatic hydroxyl groups is 1. The summed E-state index contributed by atoms with van der Waals surface area (Å²) in [5.74, 6) is -4.31. The van der Waals surface area contributed by atoms with Gasteiger partial charge in [0.25, 0.3) is 18.0 Å². The van der Waals surface area contributed by atoms with Gasteiger partial charge in [-0.05, 0) is 6.07 Å². The first-order chi connectivity index (χ1) is 9.23. The first kappa shape index (κ1) is 15.8. The Hall–Kier alpha value is -2.23. The Morgan fingerprint density at radius 3 is 2.40 bits per heavy atom. The number of carbonyl (C=O) groups is 1. The van der Waals surface area contributed by atoms with Crippen LogP contribution >= 0.6 is 0 Å². The molecular formula is C10H8F4N2O4. The summed E-state index contributed by atoms with van der Waals surface area (Å²) in [5, 5.41) is 21.1. The third-order valence-corrected chi connectivity index (χ3v) is 2.24. The standard InChI is InChI=1S/C10H8F4N2O4/c11-5-1-4(7(16(19)20)2-6(5)12)10(18)15-3-8(17)9(13)14/h1-2,8-9,17H,3H2,(H,15,18). The quantitative estimate of drug-likeness (QED) is 0.485. The lowest BCUT2D eigenvalue weighted by Gasteiger charge is -2.11. The minimum absolute atomic E-state index is 0.202. The number of nitro benzene ring substituents is 1. The van der Waals surface area contributed by atoms with Gasteiger partial charge in [0, 0.05) is 6.54 Å². The second-order valence-electron chi connectivity index (χ2n) is 3.65. The van der Waals surface area contributed by atoms with Crippen molar-refractivity contribution in [2.24, 2.45) is 0 Å². The molecule has 1 aromatic rings. The van der Waals surface area contributed by atoms with E-state index < -0.39 is 52.8 Å². The van der Waals surface area contributed by atoms with Crippen molar-refractivity contribution in [1.82, 2.24) is 5.32 Å². The molecule has 1 amide bonds. The number of nitrogens with one attached hydrogen (secondary N) is 1. The third kappa shape index (κ3) is 3.63. The summed E-state index contributed by atoms with van der Waals surface area (Å²) in [6, 6.07) is 0.478. The molecule has 1 atom stereocenters. The molecule has 1 aromatic carbocycles. The Kier molecular flexibility index (Phi) is 4.97. The average Bonchev–Trinajstić information content (AvgIpc) is 2.37. The molecule has 6 nitrogen and oxygen atoms in total. The van der Waals surface area contributed by atoms with E-state index in [0.29, 0.717) is 0 Å². The largest absolute Gasteiger partial charge is 0.385 e. The molecule has 20 heavy (non-hydrogen) atoms. The highest BCUT2D eigenvalue weighted by atomic mass is 19.3. The van der Waals surface area contributed by atoms with Gasteiger partial charge in [-0.25, -0.2) is 17.6 Å². The zero-order valence-corrected chi connectivity index (χ0v) is 9.65. The van der Waals surface area contributed by atoms with Gasteiger partial charge in [0.1, 0.15) is 11.7 Å². The topological polar surface area (TPSA) is 92.5 Å². The van der Waals surface area contributed by atoms with Crippen LogP contribution in [0.25, 0.3) is 0 Å². The number of carbonyl (C=O) groups excluding carboxylic acids is 1. The summed E-state index contributed by atoms with van der Waals surface area (Å²) >= 11 is 0. The number of rotatable bonds is 5. The van der Waals surface area contributed by atoms with Gasteiger partial charge < -0.3 is 10.4 Å². The van der Waals surface area contributed by atoms with Crippen molar-refractivity contribution in [2.45, 2.75) is 12.5 Å². The smallest absolute Gasteiger partial charge is 0.285 e. The molecule has 0 aliphatic carbocycles. The fraction of sp³-hybridized carbons (Fsp3) is 0.300. The first-order valence-corrected chi connectivity index (χ1v) is 5.12. The van der Waals surface area contributed by atoms with Gasteiger partial charge in [0.15, 0.2) is 11.6 Å². The van der Waals surface area contributed by atoms with Crippen molar-refractivity contribution >= 4 is 11.6 Å². The molecular weight excluding hydrogens is 288 g/mol. The molecule has 0 saturated heterocycles. The summed E-state index contributed by atoms with van der Waals surface area (Å²) in [6.45, 7) is -0.896. The first-order valence-electron chi connectivity index (χ1n) is 5.12. The molecule has 0 heterocycles. The summed E-state index contributed by atoms with van der Waals surface area (Å²) < 4.78 is 49.8. The number of benzene rings is 1. The van der Waals surface area contributed by atoms with Gasteiger partial charge in [-0.2, -0.15) is 0 Å². The second kappa shape index (κ2) is 6.28. The molecule has 1 rings (SSSR count). The van der Waals surface area contributed by atoms with Crippen LogP contribution in [0.5, 0.6) is 0 Å². The number of alkyl halides is 2. The summed E-state index contributed by atoms with van der Waals surface area (Å²) in [5.41, 5.74) is -1.86. The van der Waals surface area contributed by atoms with Crippen LogP contribution in [0.2, 0.25) is 0 Å². The molecule has 0 spiro atoms. The van der Waals surface area contributed by atoms with Crippen LogP contribution in [-0.2, 0) is 0 Å². The molecule has 0 bridgehead atoms. The maximum Gasteiger partial charge on any atom is 0.285 e. The number of hydrogen-bond donors (Lipinski definition) is 2. The van der Waals surface area contributed by atoms with Crippen LogP contribution in [0.3, 0.4) is 0 Å². The van der Waals surface area contributed by atoms with E-state index in [1.165, 1.54) is 0 Å². The van der Waals surface area contributed by atoms with Gasteiger partial charge in [0.05, 0.1) is 11.0 Å². The number of halogens is 4. The zero-order chi connectivity index (χ0) is 15.4. The predicted octanol–water partition coefficient (Wildman–Crippen LogP) is 1.23. The van der Waals surface area contributed by atoms with Crippen LogP contribution in [0.15, 0.2) is 12.1 Å². The summed E-state index contributed by atoms with van der Waals surface area (Å²) in [4.78, 5) is 21.0. The van der Waals surface area contributed by atoms with Crippen LogP contribution in [0.4, 0.5) is 23.2 Å². The van der Waals surface area contributed by atoms with E-state index >= 15 is 0 Å². The van der Waals surface area contributed by atoms with Crippen LogP contribution in [-0.4, -0.2) is 35.0 Å². The number of aliphatic hydroxyl groups excluding tert-OH is 1. The monoisotopic (exact) mass is 296 g/mol. The SMILES string of the molecule is O=C(NCC(O)C(F)F)c1cc(F)c(F)cc1[N+](=O)[O-]. The lowest BCUT2D eigenvalue weighted by atomic mass is 10.1. The minimum atomic E-state index is -3.13. The normalized spacial score (nSPS) is 12.3. The van der Waals surface area contributed by atoms with Crippen molar-refractivity contribution in [3.63, 3.8) is 0 Å². The fourth-order valence-corrected chi connectivity index (χ4v) is 1.25. The average molecular weight is 296 g/mol. The molecule has 0 saturated carbocycles. The maximum absolute atomic E-state index is 13.0. The summed E-state index contributed by atoms with van der Waals surface area (Å²) in [6.07, 6.45) is -5.31. The zero-order valence-electron chi connectivity index (χ0n) is 9.65. The van der Waals surface area contributed by atoms with Gasteiger partial charge >= 0.3 is 0 Å². The van der Waals surface area contributed by atoms with E-state index in [-0.39, 0.29) is 12.1 Å². The number of nitro groups is 1. The molecule has 1 unspecified atom stereocenters. The van der Waals surface area contributed by atoms with E-state index in [0.717, 1.165) is 0 Å². The Morgan fingerprint density at radius 1 is 1.35 bits per heavy atom. The highest BCUT2D eigenvalue weighted by Crippen LogP contribution is 2.22. The Labute approximate surface area is 109 Å². The molecule has 0 aliphatic heterocycles. The fourth-order valence-electron chi connectivity index (χ4n) is 1.25. The van der Waals surface area contributed by atoms with Crippen LogP contribution < -0.4 is 5.32 Å². The number of nitrogens with zero attached hydrogens (tertiary/aromatic N) is 1. The van der Waals surface area contributed by atoms with E-state index in [9.17, 15) is 32.5 Å². The molecule has 0 aliphatic rings. The molecule has 0 fully saturated rings. The van der Waals surface area contributed by atoms with E-state index in [2.05, 4.69) is 0 Å². The molecule has 0 aromatic heterocycles. The lowest BCUT2D eigenvalue weighted by Crippen LogP contribution is -2.36. The maximum atomic E-state index is 13.0. The Morgan fingerprint density at radius 2 is 1.90 bits per heavy atom. The lowest BCUT2D eigenvalue weighted by molar-refractivity contribution is -0.385. The van der Waals surface area contributed by atoms with Crippen molar-refractivity contribution in [3.8, 4) is 0 Å². The van der Waals surface area contributed by atoms with Crippen LogP contribution in [0, 0.1) is 21.7 Å². The Bertz CT molecular complexity index is 538. The van der Waals surface area contributed by atoms with Gasteiger partial charge in [-0.15, -0.1) is 0 Å². The van der Waals surface area contributed by atoms with Gasteiger partial charge in [-0.3, -0.25) is 14.9 Å². The van der Waals surface area contributed by atoms with E-state index in [1.54, 1.807) is 5.32 Å². The summed E-state index contributed by atoms with van der Waals surface area (Å²) in [7, 11) is 0. The second-order valence-corrected chi connectivity index (χ2v) is 3.65. The van der Waals surface area contributed by atoms with Crippen LogP contribution in [0.1, 0.15) is 10.4 Å². The molecule has 0 radical (unpaired) electrons. The van der Waals surface area contributed by atoms with Crippen molar-refractivity contribution in [3.05, 3.63) is 39.4 Å². The predicted molar refractivity (Wildman–Crippen MR) is 57.4 cm³/mol. The van der Waals surface area contributed by atoms with Crippen molar-refractivity contribution in [2.75, 3.05) is 6.54 Å². The minimum Gasteiger partial charge on any atom is -0.385 e. The van der Waals surface area contributed by atoms with E-state index in [1.807, 2.05) is 0 Å². The van der Waals surface area contributed by atoms with Crippen molar-refractivity contribution in [1.29, 1.82) is 0 Å². The van der Waals surface area contributed by atoms with Gasteiger partial charge in [-0.1, -0.05) is 0 Å².